The first kappa shape index (κ1) is 17.3. The number of para-hydroxylation sites is 1. The number of ether oxygens (including phenoxy) is 2. The summed E-state index contributed by atoms with van der Waals surface area (Å²) in [6.07, 6.45) is 8.20. The average molecular weight is 340 g/mol. The molecule has 0 unspecified atom stereocenters. The first-order chi connectivity index (χ1) is 12.1. The topological polar surface area (TPSA) is 54.6 Å². The molecule has 1 aliphatic rings. The molecule has 0 fully saturated rings. The maximum absolute atomic E-state index is 11.3. The smallest absolute Gasteiger partial charge is 0.330 e. The number of aromatic amines is 1. The average Bonchev–Trinajstić information content (AvgIpc) is 3.03. The Bertz CT molecular complexity index is 806. The van der Waals surface area contributed by atoms with Crippen molar-refractivity contribution in [1.82, 2.24) is 9.88 Å². The number of esters is 1. The fraction of sp³-hybridized carbons (Fsp3) is 0.350. The molecule has 0 radical (unpaired) electrons. The standard InChI is InChI=1S/C20H24N2O3/c1-14-17(8-9-20(23)24-3)13-22(15(2)25-14)11-10-16-12-21-19-7-5-4-6-18(16)19/h4-9,12-15,21H,10-11H2,1-3H3/b9-8+/t14-,15-/m1/s1. The summed E-state index contributed by atoms with van der Waals surface area (Å²) in [4.78, 5) is 16.8. The lowest BCUT2D eigenvalue weighted by Gasteiger charge is -2.36. The van der Waals surface area contributed by atoms with E-state index >= 15 is 0 Å². The highest BCUT2D eigenvalue weighted by atomic mass is 16.5. The molecule has 0 saturated carbocycles. The Hall–Kier alpha value is -2.53. The summed E-state index contributed by atoms with van der Waals surface area (Å²) in [7, 11) is 1.37. The quantitative estimate of drug-likeness (QED) is 0.670. The molecular weight excluding hydrogens is 316 g/mol. The molecular formula is C20H24N2O3. The van der Waals surface area contributed by atoms with Gasteiger partial charge in [-0.2, -0.15) is 0 Å². The van der Waals surface area contributed by atoms with Crippen molar-refractivity contribution in [3.05, 3.63) is 60.0 Å². The van der Waals surface area contributed by atoms with E-state index in [0.29, 0.717) is 0 Å². The molecule has 0 spiro atoms. The van der Waals surface area contributed by atoms with Gasteiger partial charge in [0.15, 0.2) is 0 Å². The third kappa shape index (κ3) is 3.94. The van der Waals surface area contributed by atoms with Crippen molar-refractivity contribution in [2.24, 2.45) is 0 Å². The van der Waals surface area contributed by atoms with Crippen LogP contribution in [0.3, 0.4) is 0 Å². The summed E-state index contributed by atoms with van der Waals surface area (Å²) in [5.74, 6) is -0.364. The molecule has 2 aromatic rings. The Morgan fingerprint density at radius 2 is 2.16 bits per heavy atom. The highest BCUT2D eigenvalue weighted by molar-refractivity contribution is 5.83. The van der Waals surface area contributed by atoms with Gasteiger partial charge in [-0.05, 0) is 43.5 Å². The van der Waals surface area contributed by atoms with Crippen LogP contribution in [0.4, 0.5) is 0 Å². The van der Waals surface area contributed by atoms with Crippen LogP contribution in [0.5, 0.6) is 0 Å². The van der Waals surface area contributed by atoms with Gasteiger partial charge in [-0.3, -0.25) is 0 Å². The second-order valence-corrected chi connectivity index (χ2v) is 6.21. The molecule has 2 atom stereocenters. The Labute approximate surface area is 147 Å². The van der Waals surface area contributed by atoms with Crippen molar-refractivity contribution >= 4 is 16.9 Å². The number of nitrogens with zero attached hydrogens (tertiary/aromatic N) is 1. The molecule has 25 heavy (non-hydrogen) atoms. The van der Waals surface area contributed by atoms with Crippen molar-refractivity contribution in [3.8, 4) is 0 Å². The van der Waals surface area contributed by atoms with E-state index in [4.69, 9.17) is 4.74 Å². The van der Waals surface area contributed by atoms with Gasteiger partial charge in [0, 0.05) is 35.9 Å². The molecule has 1 aromatic heterocycles. The van der Waals surface area contributed by atoms with E-state index in [1.54, 1.807) is 6.08 Å². The van der Waals surface area contributed by atoms with Gasteiger partial charge in [-0.1, -0.05) is 18.2 Å². The van der Waals surface area contributed by atoms with E-state index in [9.17, 15) is 4.79 Å². The molecule has 0 amide bonds. The number of hydrogen-bond acceptors (Lipinski definition) is 4. The zero-order valence-corrected chi connectivity index (χ0v) is 14.9. The van der Waals surface area contributed by atoms with E-state index in [2.05, 4.69) is 45.2 Å². The summed E-state index contributed by atoms with van der Waals surface area (Å²) < 4.78 is 10.6. The fourth-order valence-electron chi connectivity index (χ4n) is 3.10. The number of rotatable bonds is 5. The minimum atomic E-state index is -0.364. The Morgan fingerprint density at radius 3 is 2.96 bits per heavy atom. The number of nitrogens with one attached hydrogen (secondary N) is 1. The van der Waals surface area contributed by atoms with Crippen LogP contribution in [0.2, 0.25) is 0 Å². The van der Waals surface area contributed by atoms with Crippen molar-refractivity contribution < 1.29 is 14.3 Å². The van der Waals surface area contributed by atoms with Gasteiger partial charge in [0.2, 0.25) is 0 Å². The monoisotopic (exact) mass is 340 g/mol. The second-order valence-electron chi connectivity index (χ2n) is 6.21. The van der Waals surface area contributed by atoms with E-state index in [1.807, 2.05) is 19.9 Å². The number of aromatic nitrogens is 1. The lowest BCUT2D eigenvalue weighted by atomic mass is 10.1. The maximum atomic E-state index is 11.3. The molecule has 132 valence electrons. The summed E-state index contributed by atoms with van der Waals surface area (Å²) in [6, 6.07) is 8.32. The van der Waals surface area contributed by atoms with Crippen LogP contribution in [-0.2, 0) is 20.7 Å². The number of hydrogen-bond donors (Lipinski definition) is 1. The van der Waals surface area contributed by atoms with Crippen LogP contribution in [0, 0.1) is 0 Å². The van der Waals surface area contributed by atoms with Crippen molar-refractivity contribution in [1.29, 1.82) is 0 Å². The normalized spacial score (nSPS) is 20.9. The van der Waals surface area contributed by atoms with Crippen LogP contribution < -0.4 is 0 Å². The molecule has 3 rings (SSSR count). The van der Waals surface area contributed by atoms with Gasteiger partial charge in [-0.15, -0.1) is 0 Å². The van der Waals surface area contributed by atoms with Crippen LogP contribution in [0.1, 0.15) is 19.4 Å². The lowest BCUT2D eigenvalue weighted by Crippen LogP contribution is -2.39. The zero-order chi connectivity index (χ0) is 17.8. The molecule has 1 aliphatic heterocycles. The summed E-state index contributed by atoms with van der Waals surface area (Å²) in [6.45, 7) is 4.87. The number of carbonyl (C=O) groups excluding carboxylic acids is 1. The van der Waals surface area contributed by atoms with Gasteiger partial charge in [0.05, 0.1) is 13.2 Å². The van der Waals surface area contributed by atoms with E-state index < -0.39 is 0 Å². The van der Waals surface area contributed by atoms with E-state index in [-0.39, 0.29) is 18.3 Å². The first-order valence-corrected chi connectivity index (χ1v) is 8.52. The van der Waals surface area contributed by atoms with Gasteiger partial charge in [0.1, 0.15) is 6.23 Å². The number of carbonyl (C=O) groups is 1. The SMILES string of the molecule is COC(=O)/C=C/C1=CN(CCc2c[nH]c3ccccc23)[C@@H](C)O[C@@H]1C. The number of benzene rings is 1. The third-order valence-corrected chi connectivity index (χ3v) is 4.58. The minimum Gasteiger partial charge on any atom is -0.466 e. The van der Waals surface area contributed by atoms with Crippen LogP contribution in [0.25, 0.3) is 10.9 Å². The van der Waals surface area contributed by atoms with Crippen LogP contribution in [0.15, 0.2) is 54.4 Å². The predicted octanol–water partition coefficient (Wildman–Crippen LogP) is 3.39. The second kappa shape index (κ2) is 7.57. The molecule has 1 N–H and O–H groups in total. The lowest BCUT2D eigenvalue weighted by molar-refractivity contribution is -0.134. The molecule has 5 nitrogen and oxygen atoms in total. The predicted molar refractivity (Wildman–Crippen MR) is 98.0 cm³/mol. The van der Waals surface area contributed by atoms with Crippen molar-refractivity contribution in [2.45, 2.75) is 32.6 Å². The fourth-order valence-corrected chi connectivity index (χ4v) is 3.10. The van der Waals surface area contributed by atoms with Gasteiger partial charge in [0.25, 0.3) is 0 Å². The summed E-state index contributed by atoms with van der Waals surface area (Å²) in [5.41, 5.74) is 3.41. The van der Waals surface area contributed by atoms with Crippen molar-refractivity contribution in [2.75, 3.05) is 13.7 Å². The van der Waals surface area contributed by atoms with Crippen LogP contribution >= 0.6 is 0 Å². The minimum absolute atomic E-state index is 0.00418. The molecule has 5 heteroatoms. The highest BCUT2D eigenvalue weighted by Crippen LogP contribution is 2.23. The zero-order valence-electron chi connectivity index (χ0n) is 14.9. The maximum Gasteiger partial charge on any atom is 0.330 e. The summed E-state index contributed by atoms with van der Waals surface area (Å²) >= 11 is 0. The summed E-state index contributed by atoms with van der Waals surface area (Å²) in [5, 5.41) is 1.26. The van der Waals surface area contributed by atoms with E-state index in [1.165, 1.54) is 24.1 Å². The number of H-pyrrole nitrogens is 1. The Balaban J connectivity index is 1.72. The van der Waals surface area contributed by atoms with E-state index in [0.717, 1.165) is 24.1 Å². The molecule has 2 heterocycles. The Kier molecular flexibility index (Phi) is 5.24. The van der Waals surface area contributed by atoms with Gasteiger partial charge >= 0.3 is 5.97 Å². The number of fused-ring (bicyclic) bond motifs is 1. The first-order valence-electron chi connectivity index (χ1n) is 8.52. The van der Waals surface area contributed by atoms with Crippen molar-refractivity contribution in [3.63, 3.8) is 0 Å². The molecule has 0 bridgehead atoms. The molecule has 0 saturated heterocycles. The Morgan fingerprint density at radius 1 is 1.36 bits per heavy atom. The largest absolute Gasteiger partial charge is 0.466 e. The number of methoxy groups -OCH3 is 1. The van der Waals surface area contributed by atoms with Gasteiger partial charge < -0.3 is 19.4 Å². The third-order valence-electron chi connectivity index (χ3n) is 4.58. The van der Waals surface area contributed by atoms with Crippen LogP contribution in [-0.4, -0.2) is 41.8 Å². The molecule has 0 aliphatic carbocycles. The molecule has 1 aromatic carbocycles. The highest BCUT2D eigenvalue weighted by Gasteiger charge is 2.22. The van der Waals surface area contributed by atoms with Gasteiger partial charge in [-0.25, -0.2) is 4.79 Å².